The SMILES string of the molecule is CCCCC(CCC)NCCC1CCCCN1C. The van der Waals surface area contributed by atoms with Crippen molar-refractivity contribution in [2.24, 2.45) is 0 Å². The van der Waals surface area contributed by atoms with Gasteiger partial charge in [0.15, 0.2) is 0 Å². The molecule has 0 aliphatic carbocycles. The Morgan fingerprint density at radius 1 is 1.17 bits per heavy atom. The molecule has 2 atom stereocenters. The van der Waals surface area contributed by atoms with Crippen molar-refractivity contribution in [2.75, 3.05) is 20.1 Å². The number of nitrogens with zero attached hydrogens (tertiary/aromatic N) is 1. The standard InChI is InChI=1S/C16H34N2/c1-4-6-10-15(9-5-2)17-13-12-16-11-7-8-14-18(16)3/h15-17H,4-14H2,1-3H3. The van der Waals surface area contributed by atoms with Crippen LogP contribution in [0.2, 0.25) is 0 Å². The monoisotopic (exact) mass is 254 g/mol. The van der Waals surface area contributed by atoms with Gasteiger partial charge in [0.2, 0.25) is 0 Å². The van der Waals surface area contributed by atoms with E-state index in [1.807, 2.05) is 0 Å². The highest BCUT2D eigenvalue weighted by molar-refractivity contribution is 4.76. The van der Waals surface area contributed by atoms with Crippen LogP contribution in [-0.2, 0) is 0 Å². The lowest BCUT2D eigenvalue weighted by Crippen LogP contribution is -2.39. The number of piperidine rings is 1. The zero-order chi connectivity index (χ0) is 13.2. The maximum Gasteiger partial charge on any atom is 0.0104 e. The summed E-state index contributed by atoms with van der Waals surface area (Å²) in [6, 6.07) is 1.60. The summed E-state index contributed by atoms with van der Waals surface area (Å²) in [6.07, 6.45) is 12.3. The Morgan fingerprint density at radius 3 is 2.67 bits per heavy atom. The molecule has 2 heteroatoms. The molecule has 18 heavy (non-hydrogen) atoms. The second-order valence-corrected chi connectivity index (χ2v) is 6.00. The fourth-order valence-corrected chi connectivity index (χ4v) is 3.11. The molecule has 1 fully saturated rings. The molecule has 0 bridgehead atoms. The highest BCUT2D eigenvalue weighted by Gasteiger charge is 2.18. The second kappa shape index (κ2) is 9.80. The Balaban J connectivity index is 2.16. The summed E-state index contributed by atoms with van der Waals surface area (Å²) >= 11 is 0. The molecule has 108 valence electrons. The molecule has 1 N–H and O–H groups in total. The van der Waals surface area contributed by atoms with Crippen molar-refractivity contribution in [1.82, 2.24) is 10.2 Å². The fourth-order valence-electron chi connectivity index (χ4n) is 3.11. The van der Waals surface area contributed by atoms with Crippen LogP contribution in [0.25, 0.3) is 0 Å². The van der Waals surface area contributed by atoms with Crippen LogP contribution in [0.5, 0.6) is 0 Å². The largest absolute Gasteiger partial charge is 0.314 e. The van der Waals surface area contributed by atoms with Crippen molar-refractivity contribution < 1.29 is 0 Å². The van der Waals surface area contributed by atoms with Crippen LogP contribution in [0.15, 0.2) is 0 Å². The van der Waals surface area contributed by atoms with Crippen LogP contribution in [-0.4, -0.2) is 37.1 Å². The lowest BCUT2D eigenvalue weighted by atomic mass is 9.99. The van der Waals surface area contributed by atoms with Gasteiger partial charge in [0.25, 0.3) is 0 Å². The van der Waals surface area contributed by atoms with Crippen LogP contribution in [0.1, 0.15) is 71.6 Å². The van der Waals surface area contributed by atoms with Gasteiger partial charge in [0, 0.05) is 12.1 Å². The van der Waals surface area contributed by atoms with Crippen molar-refractivity contribution in [3.8, 4) is 0 Å². The maximum atomic E-state index is 3.80. The van der Waals surface area contributed by atoms with Gasteiger partial charge in [-0.05, 0) is 52.2 Å². The molecular formula is C16H34N2. The molecule has 0 aromatic rings. The van der Waals surface area contributed by atoms with Crippen LogP contribution >= 0.6 is 0 Å². The molecule has 1 heterocycles. The van der Waals surface area contributed by atoms with E-state index in [2.05, 4.69) is 31.1 Å². The summed E-state index contributed by atoms with van der Waals surface area (Å²) < 4.78 is 0. The summed E-state index contributed by atoms with van der Waals surface area (Å²) in [4.78, 5) is 2.56. The van der Waals surface area contributed by atoms with Crippen molar-refractivity contribution >= 4 is 0 Å². The molecule has 1 aliphatic heterocycles. The number of rotatable bonds is 9. The minimum absolute atomic E-state index is 0.767. The van der Waals surface area contributed by atoms with Gasteiger partial charge in [-0.1, -0.05) is 39.5 Å². The fraction of sp³-hybridized carbons (Fsp3) is 1.00. The van der Waals surface area contributed by atoms with E-state index >= 15 is 0 Å². The highest BCUT2D eigenvalue weighted by Crippen LogP contribution is 2.17. The number of likely N-dealkylation sites (tertiary alicyclic amines) is 1. The topological polar surface area (TPSA) is 15.3 Å². The second-order valence-electron chi connectivity index (χ2n) is 6.00. The van der Waals surface area contributed by atoms with Crippen molar-refractivity contribution in [3.05, 3.63) is 0 Å². The average Bonchev–Trinajstić information content (AvgIpc) is 2.38. The van der Waals surface area contributed by atoms with Crippen molar-refractivity contribution in [3.63, 3.8) is 0 Å². The van der Waals surface area contributed by atoms with Crippen LogP contribution in [0, 0.1) is 0 Å². The third kappa shape index (κ3) is 6.19. The molecule has 2 nitrogen and oxygen atoms in total. The quantitative estimate of drug-likeness (QED) is 0.673. The first-order chi connectivity index (χ1) is 8.77. The van der Waals surface area contributed by atoms with E-state index in [1.165, 1.54) is 70.9 Å². The summed E-state index contributed by atoms with van der Waals surface area (Å²) in [5.41, 5.74) is 0. The van der Waals surface area contributed by atoms with E-state index in [1.54, 1.807) is 0 Å². The predicted octanol–water partition coefficient (Wildman–Crippen LogP) is 3.81. The molecule has 2 unspecified atom stereocenters. The Kier molecular flexibility index (Phi) is 8.70. The predicted molar refractivity (Wildman–Crippen MR) is 81.1 cm³/mol. The lowest BCUT2D eigenvalue weighted by molar-refractivity contribution is 0.174. The molecule has 0 radical (unpaired) electrons. The zero-order valence-corrected chi connectivity index (χ0v) is 12.9. The first kappa shape index (κ1) is 16.0. The van der Waals surface area contributed by atoms with E-state index < -0.39 is 0 Å². The van der Waals surface area contributed by atoms with Gasteiger partial charge in [-0.2, -0.15) is 0 Å². The van der Waals surface area contributed by atoms with E-state index in [0.717, 1.165) is 12.1 Å². The Hall–Kier alpha value is -0.0800. The van der Waals surface area contributed by atoms with Gasteiger partial charge >= 0.3 is 0 Å². The average molecular weight is 254 g/mol. The molecule has 0 spiro atoms. The first-order valence-corrected chi connectivity index (χ1v) is 8.21. The minimum atomic E-state index is 0.767. The summed E-state index contributed by atoms with van der Waals surface area (Å²) in [6.45, 7) is 7.11. The normalized spacial score (nSPS) is 23.2. The number of hydrogen-bond acceptors (Lipinski definition) is 2. The first-order valence-electron chi connectivity index (χ1n) is 8.21. The summed E-state index contributed by atoms with van der Waals surface area (Å²) in [5, 5.41) is 3.80. The van der Waals surface area contributed by atoms with Gasteiger partial charge in [-0.15, -0.1) is 0 Å². The molecule has 1 saturated heterocycles. The third-order valence-electron chi connectivity index (χ3n) is 4.38. The lowest BCUT2D eigenvalue weighted by Gasteiger charge is -2.33. The van der Waals surface area contributed by atoms with Crippen LogP contribution < -0.4 is 5.32 Å². The van der Waals surface area contributed by atoms with Crippen LogP contribution in [0.3, 0.4) is 0 Å². The molecule has 1 rings (SSSR count). The molecule has 0 amide bonds. The van der Waals surface area contributed by atoms with Gasteiger partial charge in [0.1, 0.15) is 0 Å². The Morgan fingerprint density at radius 2 is 2.00 bits per heavy atom. The molecule has 0 saturated carbocycles. The Bertz CT molecular complexity index is 194. The van der Waals surface area contributed by atoms with E-state index in [0.29, 0.717) is 0 Å². The van der Waals surface area contributed by atoms with Gasteiger partial charge in [-0.3, -0.25) is 0 Å². The number of nitrogens with one attached hydrogen (secondary N) is 1. The number of unbranched alkanes of at least 4 members (excludes halogenated alkanes) is 1. The van der Waals surface area contributed by atoms with Gasteiger partial charge in [0.05, 0.1) is 0 Å². The molecular weight excluding hydrogens is 220 g/mol. The van der Waals surface area contributed by atoms with Gasteiger partial charge < -0.3 is 10.2 Å². The van der Waals surface area contributed by atoms with E-state index in [9.17, 15) is 0 Å². The summed E-state index contributed by atoms with van der Waals surface area (Å²) in [5.74, 6) is 0. The van der Waals surface area contributed by atoms with E-state index in [4.69, 9.17) is 0 Å². The smallest absolute Gasteiger partial charge is 0.0104 e. The molecule has 1 aliphatic rings. The van der Waals surface area contributed by atoms with E-state index in [-0.39, 0.29) is 0 Å². The zero-order valence-electron chi connectivity index (χ0n) is 12.9. The maximum absolute atomic E-state index is 3.80. The Labute approximate surface area is 115 Å². The molecule has 0 aromatic carbocycles. The van der Waals surface area contributed by atoms with Crippen molar-refractivity contribution in [1.29, 1.82) is 0 Å². The van der Waals surface area contributed by atoms with Crippen LogP contribution in [0.4, 0.5) is 0 Å². The highest BCUT2D eigenvalue weighted by atomic mass is 15.1. The van der Waals surface area contributed by atoms with Crippen molar-refractivity contribution in [2.45, 2.75) is 83.7 Å². The summed E-state index contributed by atoms with van der Waals surface area (Å²) in [7, 11) is 2.30. The number of hydrogen-bond donors (Lipinski definition) is 1. The molecule has 0 aromatic heterocycles. The third-order valence-corrected chi connectivity index (χ3v) is 4.38. The minimum Gasteiger partial charge on any atom is -0.314 e. The van der Waals surface area contributed by atoms with Gasteiger partial charge in [-0.25, -0.2) is 0 Å².